The van der Waals surface area contributed by atoms with Crippen LogP contribution in [-0.4, -0.2) is 0 Å². The highest BCUT2D eigenvalue weighted by molar-refractivity contribution is 5.92. The van der Waals surface area contributed by atoms with Gasteiger partial charge in [-0.3, -0.25) is 4.79 Å². The Hall–Kier alpha value is -2.15. The molecular formula is C15H9O. The molecule has 0 aliphatic carbocycles. The van der Waals surface area contributed by atoms with Crippen LogP contribution in [0.25, 0.3) is 21.5 Å². The van der Waals surface area contributed by atoms with Gasteiger partial charge in [-0.15, -0.1) is 0 Å². The molecule has 3 rings (SSSR count). The Kier molecular flexibility index (Phi) is 1.97. The predicted molar refractivity (Wildman–Crippen MR) is 66.6 cm³/mol. The van der Waals surface area contributed by atoms with E-state index in [1.54, 1.807) is 0 Å². The summed E-state index contributed by atoms with van der Waals surface area (Å²) >= 11 is 0. The minimum Gasteiger partial charge on any atom is -0.289 e. The Morgan fingerprint density at radius 1 is 0.812 bits per heavy atom. The van der Waals surface area contributed by atoms with Crippen LogP contribution in [0.3, 0.4) is 0 Å². The average Bonchev–Trinajstić information content (AvgIpc) is 2.49. The van der Waals surface area contributed by atoms with E-state index in [1.807, 2.05) is 54.6 Å². The molecule has 16 heavy (non-hydrogen) atoms. The third-order valence-electron chi connectivity index (χ3n) is 2.77. The molecule has 0 atom stereocenters. The zero-order valence-corrected chi connectivity index (χ0v) is 8.60. The first kappa shape index (κ1) is 9.10. The molecule has 3 aromatic rings. The molecule has 0 saturated heterocycles. The van der Waals surface area contributed by atoms with Gasteiger partial charge in [0, 0.05) is 10.8 Å². The van der Waals surface area contributed by atoms with Gasteiger partial charge in [0.1, 0.15) is 0 Å². The van der Waals surface area contributed by atoms with Crippen molar-refractivity contribution in [3.8, 4) is 0 Å². The van der Waals surface area contributed by atoms with Crippen molar-refractivity contribution in [2.24, 2.45) is 0 Å². The molecule has 3 aromatic carbocycles. The Bertz CT molecular complexity index is 668. The van der Waals surface area contributed by atoms with Crippen molar-refractivity contribution in [2.75, 3.05) is 0 Å². The number of hydrogen-bond acceptors (Lipinski definition) is 1. The molecule has 0 heterocycles. The first-order valence-electron chi connectivity index (χ1n) is 5.19. The van der Waals surface area contributed by atoms with Crippen molar-refractivity contribution in [1.82, 2.24) is 0 Å². The second kappa shape index (κ2) is 3.46. The molecule has 0 fully saturated rings. The van der Waals surface area contributed by atoms with E-state index in [2.05, 4.69) is 6.07 Å². The lowest BCUT2D eigenvalue weighted by molar-refractivity contribution is 1.74. The van der Waals surface area contributed by atoms with Crippen molar-refractivity contribution in [3.63, 3.8) is 0 Å². The molecule has 0 spiro atoms. The first-order chi connectivity index (χ1) is 7.86. The molecular weight excluding hydrogens is 196 g/mol. The summed E-state index contributed by atoms with van der Waals surface area (Å²) < 4.78 is 0. The summed E-state index contributed by atoms with van der Waals surface area (Å²) in [5.41, 5.74) is 0.0763. The smallest absolute Gasteiger partial charge is 0.194 e. The van der Waals surface area contributed by atoms with Gasteiger partial charge in [-0.05, 0) is 16.8 Å². The molecule has 75 valence electrons. The molecule has 0 bridgehead atoms. The van der Waals surface area contributed by atoms with Crippen LogP contribution in [0.4, 0.5) is 0 Å². The normalized spacial score (nSPS) is 10.8. The topological polar surface area (TPSA) is 17.1 Å². The lowest BCUT2D eigenvalue weighted by Gasteiger charge is -1.89. The van der Waals surface area contributed by atoms with E-state index in [4.69, 9.17) is 0 Å². The number of benzene rings is 2. The van der Waals surface area contributed by atoms with Gasteiger partial charge in [0.25, 0.3) is 0 Å². The summed E-state index contributed by atoms with van der Waals surface area (Å²) in [6.45, 7) is 0. The maximum atomic E-state index is 12.3. The van der Waals surface area contributed by atoms with E-state index >= 15 is 0 Å². The van der Waals surface area contributed by atoms with E-state index in [1.165, 1.54) is 0 Å². The first-order valence-corrected chi connectivity index (χ1v) is 5.19. The molecule has 0 unspecified atom stereocenters. The largest absolute Gasteiger partial charge is 0.289 e. The Morgan fingerprint density at radius 2 is 1.62 bits per heavy atom. The van der Waals surface area contributed by atoms with Crippen LogP contribution >= 0.6 is 0 Å². The van der Waals surface area contributed by atoms with Crippen LogP contribution in [0.15, 0.2) is 59.4 Å². The fraction of sp³-hybridized carbons (Fsp3) is 0. The minimum absolute atomic E-state index is 0.0763. The SMILES string of the molecule is O=c1c2ccc[c]c2ccc2ccccc12. The summed E-state index contributed by atoms with van der Waals surface area (Å²) in [4.78, 5) is 12.3. The Labute approximate surface area is 93.0 Å². The van der Waals surface area contributed by atoms with Gasteiger partial charge in [-0.25, -0.2) is 0 Å². The van der Waals surface area contributed by atoms with Crippen molar-refractivity contribution < 1.29 is 0 Å². The summed E-state index contributed by atoms with van der Waals surface area (Å²) in [5, 5.41) is 3.32. The molecule has 0 aliphatic rings. The van der Waals surface area contributed by atoms with E-state index in [-0.39, 0.29) is 5.43 Å². The van der Waals surface area contributed by atoms with Gasteiger partial charge in [0.15, 0.2) is 5.43 Å². The zero-order chi connectivity index (χ0) is 11.0. The second-order valence-electron chi connectivity index (χ2n) is 3.75. The molecule has 1 nitrogen and oxygen atoms in total. The lowest BCUT2D eigenvalue weighted by Crippen LogP contribution is -1.97. The van der Waals surface area contributed by atoms with Crippen molar-refractivity contribution in [1.29, 1.82) is 0 Å². The van der Waals surface area contributed by atoms with Gasteiger partial charge in [0.05, 0.1) is 0 Å². The fourth-order valence-corrected chi connectivity index (χ4v) is 1.95. The summed E-state index contributed by atoms with van der Waals surface area (Å²) in [7, 11) is 0. The molecule has 0 aliphatic heterocycles. The maximum absolute atomic E-state index is 12.3. The summed E-state index contributed by atoms with van der Waals surface area (Å²) in [6, 6.07) is 20.2. The van der Waals surface area contributed by atoms with Crippen molar-refractivity contribution in [2.45, 2.75) is 0 Å². The highest BCUT2D eigenvalue weighted by Gasteiger charge is 2.00. The van der Waals surface area contributed by atoms with E-state index in [9.17, 15) is 4.79 Å². The molecule has 1 heteroatoms. The van der Waals surface area contributed by atoms with E-state index in [0.29, 0.717) is 0 Å². The van der Waals surface area contributed by atoms with E-state index in [0.717, 1.165) is 21.5 Å². The average molecular weight is 205 g/mol. The third kappa shape index (κ3) is 1.29. The maximum Gasteiger partial charge on any atom is 0.194 e. The third-order valence-corrected chi connectivity index (χ3v) is 2.77. The monoisotopic (exact) mass is 205 g/mol. The highest BCUT2D eigenvalue weighted by atomic mass is 16.1. The highest BCUT2D eigenvalue weighted by Crippen LogP contribution is 2.14. The Morgan fingerprint density at radius 3 is 2.56 bits per heavy atom. The number of fused-ring (bicyclic) bond motifs is 2. The molecule has 0 N–H and O–H groups in total. The zero-order valence-electron chi connectivity index (χ0n) is 8.60. The van der Waals surface area contributed by atoms with Gasteiger partial charge < -0.3 is 0 Å². The van der Waals surface area contributed by atoms with Crippen LogP contribution in [0.2, 0.25) is 0 Å². The minimum atomic E-state index is 0.0763. The summed E-state index contributed by atoms with van der Waals surface area (Å²) in [6.07, 6.45) is 0. The molecule has 0 amide bonds. The van der Waals surface area contributed by atoms with Crippen LogP contribution in [-0.2, 0) is 0 Å². The lowest BCUT2D eigenvalue weighted by atomic mass is 10.1. The predicted octanol–water partition coefficient (Wildman–Crippen LogP) is 3.15. The second-order valence-corrected chi connectivity index (χ2v) is 3.75. The van der Waals surface area contributed by atoms with Gasteiger partial charge in [-0.2, -0.15) is 0 Å². The van der Waals surface area contributed by atoms with Gasteiger partial charge >= 0.3 is 0 Å². The Balaban J connectivity index is 2.69. The van der Waals surface area contributed by atoms with Crippen LogP contribution < -0.4 is 5.43 Å². The standard InChI is InChI=1S/C15H9O/c16-15-13-7-3-1-5-11(13)9-10-12-6-2-4-8-14(12)15/h1-5,7-10H. The van der Waals surface area contributed by atoms with Gasteiger partial charge in [0.2, 0.25) is 0 Å². The van der Waals surface area contributed by atoms with E-state index < -0.39 is 0 Å². The molecule has 0 aromatic heterocycles. The number of rotatable bonds is 0. The van der Waals surface area contributed by atoms with Crippen LogP contribution in [0, 0.1) is 6.07 Å². The molecule has 1 radical (unpaired) electrons. The van der Waals surface area contributed by atoms with Crippen LogP contribution in [0.1, 0.15) is 0 Å². The quantitative estimate of drug-likeness (QED) is 0.551. The summed E-state index contributed by atoms with van der Waals surface area (Å²) in [5.74, 6) is 0. The van der Waals surface area contributed by atoms with Gasteiger partial charge in [-0.1, -0.05) is 54.6 Å². The van der Waals surface area contributed by atoms with Crippen LogP contribution in [0.5, 0.6) is 0 Å². The fourth-order valence-electron chi connectivity index (χ4n) is 1.95. The van der Waals surface area contributed by atoms with Crippen molar-refractivity contribution in [3.05, 3.63) is 70.9 Å². The van der Waals surface area contributed by atoms with Crippen molar-refractivity contribution >= 4 is 21.5 Å². The molecule has 0 saturated carbocycles. The number of hydrogen-bond donors (Lipinski definition) is 0.